The maximum absolute atomic E-state index is 14.0. The molecule has 0 unspecified atom stereocenters. The van der Waals surface area contributed by atoms with Gasteiger partial charge in [0, 0.05) is 5.69 Å². The highest BCUT2D eigenvalue weighted by Crippen LogP contribution is 2.31. The number of carbonyl (C=O) groups is 1. The summed E-state index contributed by atoms with van der Waals surface area (Å²) >= 11 is 11.2. The second kappa shape index (κ2) is 8.70. The van der Waals surface area contributed by atoms with Gasteiger partial charge in [-0.1, -0.05) is 11.6 Å². The third-order valence-corrected chi connectivity index (χ3v) is 4.89. The number of carbonyl (C=O) groups excluding carboxylic acids is 1. The van der Waals surface area contributed by atoms with Crippen molar-refractivity contribution in [2.24, 2.45) is 0 Å². The van der Waals surface area contributed by atoms with Crippen molar-refractivity contribution in [1.82, 2.24) is 10.3 Å². The second-order valence-electron chi connectivity index (χ2n) is 6.54. The van der Waals surface area contributed by atoms with Crippen molar-refractivity contribution in [1.29, 1.82) is 5.26 Å². The number of nitrogens with zero attached hydrogens (tertiary/aromatic N) is 2. The molecule has 0 spiro atoms. The van der Waals surface area contributed by atoms with Crippen molar-refractivity contribution in [2.75, 3.05) is 5.32 Å². The first-order chi connectivity index (χ1) is 15.3. The van der Waals surface area contributed by atoms with Crippen molar-refractivity contribution in [3.8, 4) is 17.5 Å². The molecule has 0 aliphatic heterocycles. The Hall–Kier alpha value is -3.87. The first-order valence-corrected chi connectivity index (χ1v) is 9.80. The van der Waals surface area contributed by atoms with Crippen molar-refractivity contribution in [3.05, 3.63) is 82.4 Å². The Labute approximate surface area is 190 Å². The highest BCUT2D eigenvalue weighted by atomic mass is 35.5. The van der Waals surface area contributed by atoms with Crippen LogP contribution in [0.5, 0.6) is 0 Å². The zero-order valence-corrected chi connectivity index (χ0v) is 17.5. The molecule has 1 aromatic heterocycles. The van der Waals surface area contributed by atoms with Crippen molar-refractivity contribution >= 4 is 51.6 Å². The van der Waals surface area contributed by atoms with Crippen LogP contribution in [0.1, 0.15) is 15.9 Å². The number of halogens is 3. The zero-order chi connectivity index (χ0) is 22.8. The first-order valence-electron chi connectivity index (χ1n) is 9.02. The number of oxazole rings is 1. The number of nitriles is 1. The Kier molecular flexibility index (Phi) is 5.81. The Balaban J connectivity index is 1.50. The third kappa shape index (κ3) is 4.42. The largest absolute Gasteiger partial charge is 0.436 e. The van der Waals surface area contributed by atoms with Gasteiger partial charge in [-0.25, -0.2) is 13.8 Å². The summed E-state index contributed by atoms with van der Waals surface area (Å²) in [5.74, 6) is -1.85. The van der Waals surface area contributed by atoms with Gasteiger partial charge in [0.1, 0.15) is 17.2 Å². The molecule has 1 amide bonds. The molecular weight excluding hydrogens is 458 g/mol. The monoisotopic (exact) mass is 468 g/mol. The molecular formula is C22H11ClF2N4O2S. The van der Waals surface area contributed by atoms with Gasteiger partial charge in [0.2, 0.25) is 5.89 Å². The molecule has 1 heterocycles. The number of hydrogen-bond donors (Lipinski definition) is 2. The average molecular weight is 469 g/mol. The molecule has 10 heteroatoms. The van der Waals surface area contributed by atoms with E-state index in [0.29, 0.717) is 22.4 Å². The summed E-state index contributed by atoms with van der Waals surface area (Å²) < 4.78 is 33.0. The number of benzene rings is 3. The average Bonchev–Trinajstić information content (AvgIpc) is 3.16. The van der Waals surface area contributed by atoms with E-state index in [0.717, 1.165) is 12.1 Å². The third-order valence-electron chi connectivity index (χ3n) is 4.38. The van der Waals surface area contributed by atoms with Gasteiger partial charge >= 0.3 is 0 Å². The summed E-state index contributed by atoms with van der Waals surface area (Å²) in [6.07, 6.45) is 0. The van der Waals surface area contributed by atoms with E-state index in [2.05, 4.69) is 15.6 Å². The lowest BCUT2D eigenvalue weighted by Crippen LogP contribution is -2.34. The number of thiocarbonyl (C=S) groups is 1. The van der Waals surface area contributed by atoms with E-state index in [1.165, 1.54) is 24.3 Å². The number of rotatable bonds is 3. The fourth-order valence-corrected chi connectivity index (χ4v) is 3.34. The van der Waals surface area contributed by atoms with E-state index in [9.17, 15) is 13.6 Å². The molecule has 0 saturated carbocycles. The van der Waals surface area contributed by atoms with Crippen LogP contribution in [0.15, 0.2) is 59.0 Å². The van der Waals surface area contributed by atoms with Crippen LogP contribution >= 0.6 is 23.8 Å². The van der Waals surface area contributed by atoms with Crippen LogP contribution in [0.4, 0.5) is 14.5 Å². The van der Waals surface area contributed by atoms with E-state index >= 15 is 0 Å². The fraction of sp³-hybridized carbons (Fsp3) is 0. The molecule has 4 rings (SSSR count). The normalized spacial score (nSPS) is 10.6. The molecule has 3 aromatic carbocycles. The van der Waals surface area contributed by atoms with Gasteiger partial charge in [-0.3, -0.25) is 10.1 Å². The highest BCUT2D eigenvalue weighted by Gasteiger charge is 2.15. The number of aromatic nitrogens is 1. The van der Waals surface area contributed by atoms with Crippen molar-refractivity contribution in [2.45, 2.75) is 0 Å². The highest BCUT2D eigenvalue weighted by molar-refractivity contribution is 7.80. The molecule has 0 bridgehead atoms. The summed E-state index contributed by atoms with van der Waals surface area (Å²) in [6.45, 7) is 0. The lowest BCUT2D eigenvalue weighted by Gasteiger charge is -2.10. The van der Waals surface area contributed by atoms with Gasteiger partial charge in [-0.05, 0) is 66.8 Å². The lowest BCUT2D eigenvalue weighted by atomic mass is 10.1. The number of fused-ring (bicyclic) bond motifs is 1. The van der Waals surface area contributed by atoms with E-state index in [1.807, 2.05) is 0 Å². The first kappa shape index (κ1) is 21.4. The quantitative estimate of drug-likeness (QED) is 0.390. The number of hydrogen-bond acceptors (Lipinski definition) is 5. The van der Waals surface area contributed by atoms with E-state index < -0.39 is 17.5 Å². The molecule has 32 heavy (non-hydrogen) atoms. The molecule has 6 nitrogen and oxygen atoms in total. The topological polar surface area (TPSA) is 91.0 Å². The van der Waals surface area contributed by atoms with Crippen LogP contribution < -0.4 is 10.6 Å². The van der Waals surface area contributed by atoms with Gasteiger partial charge < -0.3 is 9.73 Å². The van der Waals surface area contributed by atoms with Gasteiger partial charge in [0.15, 0.2) is 10.7 Å². The van der Waals surface area contributed by atoms with Crippen LogP contribution in [-0.2, 0) is 0 Å². The Morgan fingerprint density at radius 3 is 2.66 bits per heavy atom. The molecule has 0 aliphatic rings. The van der Waals surface area contributed by atoms with Gasteiger partial charge in [0.05, 0.1) is 27.8 Å². The zero-order valence-electron chi connectivity index (χ0n) is 15.9. The number of anilines is 1. The lowest BCUT2D eigenvalue weighted by molar-refractivity contribution is 0.0974. The molecule has 0 saturated heterocycles. The van der Waals surface area contributed by atoms with E-state index in [1.54, 1.807) is 24.3 Å². The summed E-state index contributed by atoms with van der Waals surface area (Å²) in [5.41, 5.74) is 1.71. The minimum Gasteiger partial charge on any atom is -0.436 e. The minimum absolute atomic E-state index is 0.0663. The molecule has 158 valence electrons. The predicted molar refractivity (Wildman–Crippen MR) is 119 cm³/mol. The second-order valence-corrected chi connectivity index (χ2v) is 7.36. The van der Waals surface area contributed by atoms with Crippen LogP contribution in [0, 0.1) is 23.0 Å². The molecule has 2 N–H and O–H groups in total. The summed E-state index contributed by atoms with van der Waals surface area (Å²) in [4.78, 5) is 16.6. The molecule has 4 aromatic rings. The van der Waals surface area contributed by atoms with Gasteiger partial charge in [-0.15, -0.1) is 0 Å². The van der Waals surface area contributed by atoms with E-state index in [4.69, 9.17) is 33.5 Å². The number of nitrogens with one attached hydrogen (secondary N) is 2. The molecule has 0 atom stereocenters. The van der Waals surface area contributed by atoms with Gasteiger partial charge in [-0.2, -0.15) is 5.26 Å². The Morgan fingerprint density at radius 1 is 1.12 bits per heavy atom. The van der Waals surface area contributed by atoms with Gasteiger partial charge in [0.25, 0.3) is 5.91 Å². The minimum atomic E-state index is -0.833. The standard InChI is InChI=1S/C22H11ClF2N4O2S/c23-16-8-12(24)2-5-14(16)21-28-18-9-13(3-6-19(18)31-21)27-22(32)29-20(30)15-4-1-11(10-26)7-17(15)25/h1-9H,(H2,27,29,30,32). The number of amides is 1. The maximum atomic E-state index is 14.0. The molecule has 0 aliphatic carbocycles. The summed E-state index contributed by atoms with van der Waals surface area (Å²) in [6, 6.07) is 14.1. The van der Waals surface area contributed by atoms with Crippen molar-refractivity contribution < 1.29 is 18.0 Å². The molecule has 0 radical (unpaired) electrons. The maximum Gasteiger partial charge on any atom is 0.260 e. The Bertz CT molecular complexity index is 1430. The van der Waals surface area contributed by atoms with Crippen LogP contribution in [-0.4, -0.2) is 16.0 Å². The van der Waals surface area contributed by atoms with Crippen molar-refractivity contribution in [3.63, 3.8) is 0 Å². The SMILES string of the molecule is N#Cc1ccc(C(=O)NC(=S)Nc2ccc3oc(-c4ccc(F)cc4Cl)nc3c2)c(F)c1. The predicted octanol–water partition coefficient (Wildman–Crippen LogP) is 5.42. The van der Waals surface area contributed by atoms with Crippen LogP contribution in [0.2, 0.25) is 5.02 Å². The fourth-order valence-electron chi connectivity index (χ4n) is 2.88. The molecule has 0 fully saturated rings. The summed E-state index contributed by atoms with van der Waals surface area (Å²) in [7, 11) is 0. The van der Waals surface area contributed by atoms with Crippen LogP contribution in [0.3, 0.4) is 0 Å². The van der Waals surface area contributed by atoms with E-state index in [-0.39, 0.29) is 27.2 Å². The smallest absolute Gasteiger partial charge is 0.260 e. The van der Waals surface area contributed by atoms with Crippen LogP contribution in [0.25, 0.3) is 22.6 Å². The summed E-state index contributed by atoms with van der Waals surface area (Å²) in [5, 5.41) is 14.1. The Morgan fingerprint density at radius 2 is 1.94 bits per heavy atom.